The Morgan fingerprint density at radius 3 is 2.48 bits per heavy atom. The molecule has 0 spiro atoms. The number of para-hydroxylation sites is 1. The van der Waals surface area contributed by atoms with Crippen LogP contribution in [0.1, 0.15) is 29.3 Å². The highest BCUT2D eigenvalue weighted by Gasteiger charge is 2.51. The van der Waals surface area contributed by atoms with E-state index < -0.39 is 23.9 Å². The van der Waals surface area contributed by atoms with Crippen LogP contribution in [0.15, 0.2) is 48.5 Å². The van der Waals surface area contributed by atoms with Crippen molar-refractivity contribution < 1.29 is 24.2 Å². The molecule has 0 unspecified atom stereocenters. The van der Waals surface area contributed by atoms with E-state index in [0.29, 0.717) is 16.8 Å². The highest BCUT2D eigenvalue weighted by atomic mass is 127. The molecule has 140 valence electrons. The third-order valence-corrected chi connectivity index (χ3v) is 5.13. The monoisotopic (exact) mass is 479 g/mol. The number of nitrogens with zero attached hydrogens (tertiary/aromatic N) is 1. The van der Waals surface area contributed by atoms with Gasteiger partial charge in [0.25, 0.3) is 5.91 Å². The van der Waals surface area contributed by atoms with Gasteiger partial charge in [0.2, 0.25) is 0 Å². The molecule has 0 saturated carbocycles. The number of hydrogen-bond donors (Lipinski definition) is 1. The Bertz CT molecular complexity index is 896. The maximum Gasteiger partial charge on any atom is 0.326 e. The Morgan fingerprint density at radius 2 is 1.81 bits per heavy atom. The van der Waals surface area contributed by atoms with Crippen molar-refractivity contribution >= 4 is 45.9 Å². The first kappa shape index (κ1) is 19.5. The number of aliphatic hydroxyl groups is 1. The van der Waals surface area contributed by atoms with E-state index in [2.05, 4.69) is 22.6 Å². The van der Waals surface area contributed by atoms with E-state index >= 15 is 0 Å². The summed E-state index contributed by atoms with van der Waals surface area (Å²) < 4.78 is 5.89. The summed E-state index contributed by atoms with van der Waals surface area (Å²) in [4.78, 5) is 38.7. The number of anilines is 1. The smallest absolute Gasteiger partial charge is 0.326 e. The fourth-order valence-electron chi connectivity index (χ4n) is 3.14. The zero-order valence-electron chi connectivity index (χ0n) is 14.6. The van der Waals surface area contributed by atoms with Crippen LogP contribution in [0.2, 0.25) is 0 Å². The minimum absolute atomic E-state index is 0.193. The Kier molecular flexibility index (Phi) is 5.61. The van der Waals surface area contributed by atoms with E-state index in [9.17, 15) is 19.5 Å². The SMILES string of the molecule is CCOC(=O)CN1C(=O)[C@@](O)(CC(=O)c2ccc(I)cc2)c2ccccc21. The zero-order valence-corrected chi connectivity index (χ0v) is 16.8. The van der Waals surface area contributed by atoms with Gasteiger partial charge >= 0.3 is 5.97 Å². The van der Waals surface area contributed by atoms with Crippen molar-refractivity contribution in [1.29, 1.82) is 0 Å². The van der Waals surface area contributed by atoms with Gasteiger partial charge in [-0.3, -0.25) is 19.3 Å². The topological polar surface area (TPSA) is 83.9 Å². The van der Waals surface area contributed by atoms with Crippen LogP contribution in [0.25, 0.3) is 0 Å². The molecule has 1 atom stereocenters. The van der Waals surface area contributed by atoms with Gasteiger partial charge in [-0.1, -0.05) is 30.3 Å². The van der Waals surface area contributed by atoms with Crippen molar-refractivity contribution in [2.45, 2.75) is 18.9 Å². The first-order valence-corrected chi connectivity index (χ1v) is 9.53. The second-order valence-electron chi connectivity index (χ2n) is 6.18. The molecule has 7 heteroatoms. The van der Waals surface area contributed by atoms with E-state index in [1.807, 2.05) is 0 Å². The standard InChI is InChI=1S/C20H18INO5/c1-2-27-18(24)12-22-16-6-4-3-5-15(16)20(26,19(22)25)11-17(23)13-7-9-14(21)10-8-13/h3-10,26H,2,11-12H2,1H3/t20-/m1/s1. The summed E-state index contributed by atoms with van der Waals surface area (Å²) in [6, 6.07) is 13.5. The lowest BCUT2D eigenvalue weighted by atomic mass is 9.88. The van der Waals surface area contributed by atoms with Gasteiger partial charge < -0.3 is 9.84 Å². The zero-order chi connectivity index (χ0) is 19.6. The van der Waals surface area contributed by atoms with Crippen molar-refractivity contribution in [3.05, 3.63) is 63.2 Å². The molecular formula is C20H18INO5. The number of halogens is 1. The number of fused-ring (bicyclic) bond motifs is 1. The van der Waals surface area contributed by atoms with Gasteiger partial charge in [-0.2, -0.15) is 0 Å². The Balaban J connectivity index is 1.92. The Morgan fingerprint density at radius 1 is 1.15 bits per heavy atom. The Labute approximate surface area is 170 Å². The summed E-state index contributed by atoms with van der Waals surface area (Å²) >= 11 is 2.13. The number of rotatable bonds is 6. The minimum Gasteiger partial charge on any atom is -0.465 e. The van der Waals surface area contributed by atoms with Crippen LogP contribution in [-0.4, -0.2) is 35.9 Å². The van der Waals surface area contributed by atoms with Crippen molar-refractivity contribution in [2.75, 3.05) is 18.1 Å². The molecule has 2 aromatic carbocycles. The molecule has 1 heterocycles. The molecule has 0 aliphatic carbocycles. The van der Waals surface area contributed by atoms with Gasteiger partial charge in [-0.15, -0.1) is 0 Å². The number of carbonyl (C=O) groups is 3. The predicted octanol–water partition coefficient (Wildman–Crippen LogP) is 2.66. The molecule has 27 heavy (non-hydrogen) atoms. The molecule has 6 nitrogen and oxygen atoms in total. The van der Waals surface area contributed by atoms with E-state index in [4.69, 9.17) is 4.74 Å². The van der Waals surface area contributed by atoms with Crippen LogP contribution >= 0.6 is 22.6 Å². The lowest BCUT2D eigenvalue weighted by Crippen LogP contribution is -2.44. The number of hydrogen-bond acceptors (Lipinski definition) is 5. The summed E-state index contributed by atoms with van der Waals surface area (Å²) in [5.41, 5.74) is -0.868. The van der Waals surface area contributed by atoms with Gasteiger partial charge in [0, 0.05) is 14.7 Å². The molecular weight excluding hydrogens is 461 g/mol. The summed E-state index contributed by atoms with van der Waals surface area (Å²) in [5, 5.41) is 11.1. The predicted molar refractivity (Wildman–Crippen MR) is 107 cm³/mol. The largest absolute Gasteiger partial charge is 0.465 e. The van der Waals surface area contributed by atoms with Gasteiger partial charge in [-0.25, -0.2) is 0 Å². The van der Waals surface area contributed by atoms with Crippen LogP contribution in [0.4, 0.5) is 5.69 Å². The lowest BCUT2D eigenvalue weighted by Gasteiger charge is -2.22. The number of carbonyl (C=O) groups excluding carboxylic acids is 3. The third-order valence-electron chi connectivity index (χ3n) is 4.41. The average Bonchev–Trinajstić information content (AvgIpc) is 2.85. The lowest BCUT2D eigenvalue weighted by molar-refractivity contribution is -0.144. The molecule has 0 fully saturated rings. The molecule has 0 saturated heterocycles. The third kappa shape index (κ3) is 3.74. The number of ether oxygens (including phenoxy) is 1. The van der Waals surface area contributed by atoms with Crippen LogP contribution in [0, 0.1) is 3.57 Å². The van der Waals surface area contributed by atoms with Gasteiger partial charge in [-0.05, 0) is 47.7 Å². The van der Waals surface area contributed by atoms with Gasteiger partial charge in [0.1, 0.15) is 6.54 Å². The van der Waals surface area contributed by atoms with Crippen LogP contribution < -0.4 is 4.90 Å². The van der Waals surface area contributed by atoms with Crippen molar-refractivity contribution in [3.8, 4) is 0 Å². The van der Waals surface area contributed by atoms with E-state index in [-0.39, 0.29) is 18.9 Å². The molecule has 1 aliphatic heterocycles. The van der Waals surface area contributed by atoms with E-state index in [0.717, 1.165) is 3.57 Å². The first-order chi connectivity index (χ1) is 12.9. The maximum atomic E-state index is 13.0. The Hall–Kier alpha value is -2.26. The molecule has 0 radical (unpaired) electrons. The van der Waals surface area contributed by atoms with Gasteiger partial charge in [0.05, 0.1) is 18.7 Å². The van der Waals surface area contributed by atoms with E-state index in [1.54, 1.807) is 55.5 Å². The highest BCUT2D eigenvalue weighted by molar-refractivity contribution is 14.1. The molecule has 1 amide bonds. The normalized spacial score (nSPS) is 18.3. The fourth-order valence-corrected chi connectivity index (χ4v) is 3.50. The molecule has 0 aromatic heterocycles. The number of ketones is 1. The molecule has 3 rings (SSSR count). The second-order valence-corrected chi connectivity index (χ2v) is 7.43. The highest BCUT2D eigenvalue weighted by Crippen LogP contribution is 2.42. The molecule has 1 N–H and O–H groups in total. The summed E-state index contributed by atoms with van der Waals surface area (Å²) in [6.07, 6.45) is -0.400. The van der Waals surface area contributed by atoms with E-state index in [1.165, 1.54) is 4.90 Å². The summed E-state index contributed by atoms with van der Waals surface area (Å²) in [5.74, 6) is -1.63. The average molecular weight is 479 g/mol. The van der Waals surface area contributed by atoms with Crippen molar-refractivity contribution in [2.24, 2.45) is 0 Å². The minimum atomic E-state index is -2.01. The van der Waals surface area contributed by atoms with Crippen molar-refractivity contribution in [3.63, 3.8) is 0 Å². The van der Waals surface area contributed by atoms with Crippen LogP contribution in [0.3, 0.4) is 0 Å². The molecule has 1 aliphatic rings. The quantitative estimate of drug-likeness (QED) is 0.392. The first-order valence-electron chi connectivity index (χ1n) is 8.45. The van der Waals surface area contributed by atoms with Crippen LogP contribution in [-0.2, 0) is 19.9 Å². The summed E-state index contributed by atoms with van der Waals surface area (Å²) in [6.45, 7) is 1.55. The number of benzene rings is 2. The maximum absolute atomic E-state index is 13.0. The number of amides is 1. The van der Waals surface area contributed by atoms with Gasteiger partial charge in [0.15, 0.2) is 11.4 Å². The van der Waals surface area contributed by atoms with Crippen LogP contribution in [0.5, 0.6) is 0 Å². The molecule has 2 aromatic rings. The second kappa shape index (κ2) is 7.77. The fraction of sp³-hybridized carbons (Fsp3) is 0.250. The van der Waals surface area contributed by atoms with Crippen molar-refractivity contribution in [1.82, 2.24) is 0 Å². The number of esters is 1. The number of Topliss-reactive ketones (excluding diaryl/α,β-unsaturated/α-hetero) is 1. The molecule has 0 bridgehead atoms. The summed E-state index contributed by atoms with van der Waals surface area (Å²) in [7, 11) is 0.